The van der Waals surface area contributed by atoms with Gasteiger partial charge in [0.1, 0.15) is 11.2 Å². The smallest absolute Gasteiger partial charge is 0.167 e. The van der Waals surface area contributed by atoms with E-state index < -0.39 is 0 Å². The lowest BCUT2D eigenvalue weighted by Crippen LogP contribution is -2.00. The molecular weight excluding hydrogens is 591 g/mol. The molecule has 0 N–H and O–H groups in total. The van der Waals surface area contributed by atoms with Crippen molar-refractivity contribution in [2.75, 3.05) is 0 Å². The molecule has 6 aromatic carbocycles. The molecule has 4 nitrogen and oxygen atoms in total. The Labute approximate surface area is 264 Å². The molecule has 0 saturated carbocycles. The van der Waals surface area contributed by atoms with Crippen LogP contribution >= 0.6 is 22.7 Å². The summed E-state index contributed by atoms with van der Waals surface area (Å²) >= 11 is 3.56. The van der Waals surface area contributed by atoms with Crippen molar-refractivity contribution in [3.63, 3.8) is 0 Å². The number of aromatic nitrogens is 3. The molecule has 6 heteroatoms. The van der Waals surface area contributed by atoms with Crippen molar-refractivity contribution in [2.45, 2.75) is 0 Å². The normalized spacial score (nSPS) is 12.0. The van der Waals surface area contributed by atoms with Crippen LogP contribution in [0.25, 0.3) is 96.4 Å². The van der Waals surface area contributed by atoms with Gasteiger partial charge in [0.15, 0.2) is 17.5 Å². The molecule has 4 heterocycles. The van der Waals surface area contributed by atoms with E-state index in [0.717, 1.165) is 38.6 Å². The van der Waals surface area contributed by atoms with E-state index in [1.807, 2.05) is 24.3 Å². The highest BCUT2D eigenvalue weighted by Gasteiger charge is 2.21. The van der Waals surface area contributed by atoms with Crippen molar-refractivity contribution in [3.05, 3.63) is 127 Å². The van der Waals surface area contributed by atoms with Gasteiger partial charge in [-0.2, -0.15) is 0 Å². The summed E-state index contributed by atoms with van der Waals surface area (Å²) in [4.78, 5) is 15.6. The lowest BCUT2D eigenvalue weighted by Gasteiger charge is -2.10. The van der Waals surface area contributed by atoms with Gasteiger partial charge < -0.3 is 4.42 Å². The van der Waals surface area contributed by atoms with Crippen molar-refractivity contribution >= 4 is 85.0 Å². The number of thiophene rings is 2. The van der Waals surface area contributed by atoms with E-state index in [9.17, 15) is 0 Å². The van der Waals surface area contributed by atoms with Crippen molar-refractivity contribution in [3.8, 4) is 34.2 Å². The van der Waals surface area contributed by atoms with Crippen molar-refractivity contribution < 1.29 is 4.42 Å². The molecule has 0 radical (unpaired) electrons. The summed E-state index contributed by atoms with van der Waals surface area (Å²) in [6, 6.07) is 44.3. The van der Waals surface area contributed by atoms with Gasteiger partial charge in [-0.1, -0.05) is 91.0 Å². The molecular formula is C39H21N3OS2. The van der Waals surface area contributed by atoms with Crippen LogP contribution in [0, 0.1) is 0 Å². The number of benzene rings is 6. The second-order valence-electron chi connectivity index (χ2n) is 11.1. The summed E-state index contributed by atoms with van der Waals surface area (Å²) in [6.45, 7) is 0. The van der Waals surface area contributed by atoms with Crippen LogP contribution in [0.1, 0.15) is 0 Å². The minimum atomic E-state index is 0.593. The van der Waals surface area contributed by atoms with E-state index >= 15 is 0 Å². The predicted molar refractivity (Wildman–Crippen MR) is 189 cm³/mol. The Hall–Kier alpha value is -5.43. The second-order valence-corrected chi connectivity index (χ2v) is 13.3. The largest absolute Gasteiger partial charge is 0.455 e. The van der Waals surface area contributed by atoms with Gasteiger partial charge in [0.2, 0.25) is 0 Å². The third kappa shape index (κ3) is 3.73. The fourth-order valence-electron chi connectivity index (χ4n) is 6.51. The molecule has 210 valence electrons. The second kappa shape index (κ2) is 9.53. The monoisotopic (exact) mass is 611 g/mol. The topological polar surface area (TPSA) is 51.8 Å². The number of hydrogen-bond acceptors (Lipinski definition) is 6. The zero-order valence-electron chi connectivity index (χ0n) is 23.7. The van der Waals surface area contributed by atoms with Gasteiger partial charge in [-0.25, -0.2) is 15.0 Å². The zero-order chi connectivity index (χ0) is 29.5. The summed E-state index contributed by atoms with van der Waals surface area (Å²) in [7, 11) is 0. The van der Waals surface area contributed by atoms with Gasteiger partial charge in [0.05, 0.1) is 5.56 Å². The number of para-hydroxylation sites is 2. The Kier molecular flexibility index (Phi) is 5.29. The minimum Gasteiger partial charge on any atom is -0.455 e. The maximum Gasteiger partial charge on any atom is 0.167 e. The van der Waals surface area contributed by atoms with Crippen LogP contribution in [0.2, 0.25) is 0 Å². The van der Waals surface area contributed by atoms with E-state index in [-0.39, 0.29) is 0 Å². The fraction of sp³-hybridized carbons (Fsp3) is 0. The third-order valence-electron chi connectivity index (χ3n) is 8.57. The molecule has 0 bridgehead atoms. The molecule has 4 aromatic heterocycles. The standard InChI is InChI=1S/C39H21N3OS2/c1-4-19-31-22(10-1)25-13-7-16-28(34(25)43-31)37-40-38(29-17-8-14-26-23-11-2-5-20-32(23)44-35(26)29)42-39(41-37)30-18-9-15-27-24-12-3-6-21-33(24)45-36(27)30/h1-21H. The highest BCUT2D eigenvalue weighted by atomic mass is 32.1. The molecule has 0 atom stereocenters. The Morgan fingerprint density at radius 3 is 1.42 bits per heavy atom. The predicted octanol–water partition coefficient (Wildman–Crippen LogP) is 11.5. The van der Waals surface area contributed by atoms with Crippen LogP contribution in [0.5, 0.6) is 0 Å². The molecule has 45 heavy (non-hydrogen) atoms. The molecule has 0 amide bonds. The van der Waals surface area contributed by atoms with Crippen molar-refractivity contribution in [1.82, 2.24) is 15.0 Å². The van der Waals surface area contributed by atoms with Crippen LogP contribution < -0.4 is 0 Å². The molecule has 0 aliphatic carbocycles. The van der Waals surface area contributed by atoms with Gasteiger partial charge in [-0.15, -0.1) is 22.7 Å². The lowest BCUT2D eigenvalue weighted by molar-refractivity contribution is 0.669. The van der Waals surface area contributed by atoms with E-state index in [2.05, 4.69) is 103 Å². The number of nitrogens with zero attached hydrogens (tertiary/aromatic N) is 3. The van der Waals surface area contributed by atoms with Gasteiger partial charge >= 0.3 is 0 Å². The summed E-state index contributed by atoms with van der Waals surface area (Å²) in [5.41, 5.74) is 4.47. The van der Waals surface area contributed by atoms with E-state index in [1.54, 1.807) is 22.7 Å². The molecule has 0 fully saturated rings. The molecule has 0 unspecified atom stereocenters. The number of furan rings is 1. The van der Waals surface area contributed by atoms with E-state index in [0.29, 0.717) is 17.5 Å². The highest BCUT2D eigenvalue weighted by Crippen LogP contribution is 2.43. The van der Waals surface area contributed by atoms with E-state index in [1.165, 1.54) is 40.3 Å². The maximum atomic E-state index is 6.45. The molecule has 10 rings (SSSR count). The number of fused-ring (bicyclic) bond motifs is 9. The first-order chi connectivity index (χ1) is 22.3. The summed E-state index contributed by atoms with van der Waals surface area (Å²) in [5.74, 6) is 1.90. The van der Waals surface area contributed by atoms with Crippen LogP contribution in [-0.4, -0.2) is 15.0 Å². The highest BCUT2D eigenvalue weighted by molar-refractivity contribution is 7.26. The summed E-state index contributed by atoms with van der Waals surface area (Å²) in [6.07, 6.45) is 0. The Morgan fingerprint density at radius 2 is 0.822 bits per heavy atom. The average molecular weight is 612 g/mol. The molecule has 10 aromatic rings. The Morgan fingerprint density at radius 1 is 0.378 bits per heavy atom. The SMILES string of the molecule is c1ccc2c(c1)oc1c(-c3nc(-c4cccc5c4sc4ccccc45)nc(-c4cccc5c4sc4ccccc45)n3)cccc12. The minimum absolute atomic E-state index is 0.593. The van der Waals surface area contributed by atoms with Gasteiger partial charge in [0.25, 0.3) is 0 Å². The molecule has 0 spiro atoms. The van der Waals surface area contributed by atoms with Crippen LogP contribution in [-0.2, 0) is 0 Å². The van der Waals surface area contributed by atoms with Gasteiger partial charge in [0, 0.05) is 62.2 Å². The zero-order valence-corrected chi connectivity index (χ0v) is 25.3. The van der Waals surface area contributed by atoms with Crippen LogP contribution in [0.15, 0.2) is 132 Å². The summed E-state index contributed by atoms with van der Waals surface area (Å²) < 4.78 is 11.3. The van der Waals surface area contributed by atoms with Gasteiger partial charge in [-0.05, 0) is 36.4 Å². The average Bonchev–Trinajstić information content (AvgIpc) is 3.79. The summed E-state index contributed by atoms with van der Waals surface area (Å²) in [5, 5.41) is 7.04. The first-order valence-electron chi connectivity index (χ1n) is 14.8. The first kappa shape index (κ1) is 25.0. The fourth-order valence-corrected chi connectivity index (χ4v) is 8.93. The molecule has 0 aliphatic heterocycles. The van der Waals surface area contributed by atoms with Crippen molar-refractivity contribution in [2.24, 2.45) is 0 Å². The number of hydrogen-bond donors (Lipinski definition) is 0. The Bertz CT molecular complexity index is 2470. The molecule has 0 aliphatic rings. The van der Waals surface area contributed by atoms with Crippen molar-refractivity contribution in [1.29, 1.82) is 0 Å². The van der Waals surface area contributed by atoms with Crippen LogP contribution in [0.3, 0.4) is 0 Å². The quantitative estimate of drug-likeness (QED) is 0.199. The van der Waals surface area contributed by atoms with Crippen LogP contribution in [0.4, 0.5) is 0 Å². The maximum absolute atomic E-state index is 6.45. The number of rotatable bonds is 3. The molecule has 0 saturated heterocycles. The first-order valence-corrected chi connectivity index (χ1v) is 16.4. The lowest BCUT2D eigenvalue weighted by atomic mass is 10.1. The Balaban J connectivity index is 1.29. The van der Waals surface area contributed by atoms with E-state index in [4.69, 9.17) is 19.4 Å². The van der Waals surface area contributed by atoms with Gasteiger partial charge in [-0.3, -0.25) is 0 Å². The third-order valence-corrected chi connectivity index (χ3v) is 11.0.